The Hall–Kier alpha value is -2.79. The lowest BCUT2D eigenvalue weighted by atomic mass is 10.1. The SMILES string of the molecule is COc1ccc2nc(C)c(C(=O)N3CCN(c4cc(Cl)ccc4C)CC3)cc2c1. The summed E-state index contributed by atoms with van der Waals surface area (Å²) in [4.78, 5) is 22.0. The number of carbonyl (C=O) groups excluding carboxylic acids is 1. The van der Waals surface area contributed by atoms with Crippen LogP contribution in [0.3, 0.4) is 0 Å². The first-order chi connectivity index (χ1) is 14.0. The smallest absolute Gasteiger partial charge is 0.255 e. The average molecular weight is 410 g/mol. The van der Waals surface area contributed by atoms with E-state index in [4.69, 9.17) is 16.3 Å². The molecule has 0 unspecified atom stereocenters. The van der Waals surface area contributed by atoms with Crippen molar-refractivity contribution in [3.63, 3.8) is 0 Å². The largest absolute Gasteiger partial charge is 0.497 e. The van der Waals surface area contributed by atoms with Gasteiger partial charge in [0.1, 0.15) is 5.75 Å². The van der Waals surface area contributed by atoms with E-state index >= 15 is 0 Å². The Balaban J connectivity index is 1.53. The molecule has 0 atom stereocenters. The van der Waals surface area contributed by atoms with Crippen molar-refractivity contribution >= 4 is 34.1 Å². The minimum atomic E-state index is 0.0298. The number of carbonyl (C=O) groups is 1. The highest BCUT2D eigenvalue weighted by atomic mass is 35.5. The molecular weight excluding hydrogens is 386 g/mol. The molecule has 1 aliphatic heterocycles. The quantitative estimate of drug-likeness (QED) is 0.640. The second-order valence-electron chi connectivity index (χ2n) is 7.39. The molecule has 1 aromatic heterocycles. The predicted octanol–water partition coefficient (Wildman–Crippen LogP) is 4.48. The maximum Gasteiger partial charge on any atom is 0.255 e. The number of methoxy groups -OCH3 is 1. The third kappa shape index (κ3) is 3.87. The van der Waals surface area contributed by atoms with Gasteiger partial charge in [0.2, 0.25) is 0 Å². The number of hydrogen-bond donors (Lipinski definition) is 0. The number of nitrogens with zero attached hydrogens (tertiary/aromatic N) is 3. The molecular formula is C23H24ClN3O2. The number of benzene rings is 2. The summed E-state index contributed by atoms with van der Waals surface area (Å²) in [7, 11) is 1.63. The zero-order valence-corrected chi connectivity index (χ0v) is 17.7. The first kappa shape index (κ1) is 19.5. The summed E-state index contributed by atoms with van der Waals surface area (Å²) in [5.41, 5.74) is 4.60. The van der Waals surface area contributed by atoms with Crippen LogP contribution in [0.25, 0.3) is 10.9 Å². The molecule has 0 saturated carbocycles. The van der Waals surface area contributed by atoms with E-state index in [1.165, 1.54) is 5.56 Å². The Labute approximate surface area is 175 Å². The van der Waals surface area contributed by atoms with E-state index < -0.39 is 0 Å². The Morgan fingerprint density at radius 2 is 1.79 bits per heavy atom. The fraction of sp³-hybridized carbons (Fsp3) is 0.304. The fourth-order valence-electron chi connectivity index (χ4n) is 3.84. The normalized spacial score (nSPS) is 14.3. The van der Waals surface area contributed by atoms with Gasteiger partial charge in [-0.15, -0.1) is 0 Å². The van der Waals surface area contributed by atoms with Crippen LogP contribution in [-0.2, 0) is 0 Å². The summed E-state index contributed by atoms with van der Waals surface area (Å²) in [5.74, 6) is 0.786. The van der Waals surface area contributed by atoms with E-state index in [0.29, 0.717) is 18.7 Å². The van der Waals surface area contributed by atoms with Crippen molar-refractivity contribution in [1.29, 1.82) is 0 Å². The number of aryl methyl sites for hydroxylation is 2. The number of rotatable bonds is 3. The van der Waals surface area contributed by atoms with Gasteiger partial charge in [-0.25, -0.2) is 0 Å². The van der Waals surface area contributed by atoms with Gasteiger partial charge < -0.3 is 14.5 Å². The van der Waals surface area contributed by atoms with E-state index in [1.807, 2.05) is 54.3 Å². The molecule has 150 valence electrons. The number of anilines is 1. The Kier molecular flexibility index (Phi) is 5.33. The van der Waals surface area contributed by atoms with Crippen LogP contribution >= 0.6 is 11.6 Å². The summed E-state index contributed by atoms with van der Waals surface area (Å²) in [5, 5.41) is 1.64. The highest BCUT2D eigenvalue weighted by Crippen LogP contribution is 2.26. The molecule has 2 aromatic carbocycles. The Morgan fingerprint density at radius 3 is 2.52 bits per heavy atom. The van der Waals surface area contributed by atoms with E-state index in [1.54, 1.807) is 7.11 Å². The summed E-state index contributed by atoms with van der Waals surface area (Å²) >= 11 is 6.17. The zero-order valence-electron chi connectivity index (χ0n) is 16.9. The lowest BCUT2D eigenvalue weighted by Crippen LogP contribution is -2.49. The van der Waals surface area contributed by atoms with E-state index in [0.717, 1.165) is 46.1 Å². The standard InChI is InChI=1S/C23H24ClN3O2/c1-15-4-5-18(24)14-22(15)26-8-10-27(11-9-26)23(28)20-13-17-12-19(29-3)6-7-21(17)25-16(20)2/h4-7,12-14H,8-11H2,1-3H3. The molecule has 1 saturated heterocycles. The van der Waals surface area contributed by atoms with E-state index in [2.05, 4.69) is 16.8 Å². The van der Waals surface area contributed by atoms with Crippen LogP contribution in [0.4, 0.5) is 5.69 Å². The number of amides is 1. The molecule has 2 heterocycles. The molecule has 0 bridgehead atoms. The number of aromatic nitrogens is 1. The van der Waals surface area contributed by atoms with Crippen molar-refractivity contribution in [3.05, 3.63) is 64.3 Å². The van der Waals surface area contributed by atoms with Crippen molar-refractivity contribution in [2.24, 2.45) is 0 Å². The lowest BCUT2D eigenvalue weighted by Gasteiger charge is -2.37. The molecule has 1 amide bonds. The second-order valence-corrected chi connectivity index (χ2v) is 7.83. The molecule has 6 heteroatoms. The van der Waals surface area contributed by atoms with Crippen LogP contribution in [0.2, 0.25) is 5.02 Å². The molecule has 5 nitrogen and oxygen atoms in total. The van der Waals surface area contributed by atoms with Crippen molar-refractivity contribution in [2.45, 2.75) is 13.8 Å². The van der Waals surface area contributed by atoms with Gasteiger partial charge in [-0.1, -0.05) is 17.7 Å². The van der Waals surface area contributed by atoms with E-state index in [-0.39, 0.29) is 5.91 Å². The van der Waals surface area contributed by atoms with Crippen molar-refractivity contribution in [1.82, 2.24) is 9.88 Å². The molecule has 0 N–H and O–H groups in total. The number of piperazine rings is 1. The van der Waals surface area contributed by atoms with Crippen LogP contribution in [0.5, 0.6) is 5.75 Å². The summed E-state index contributed by atoms with van der Waals surface area (Å²) in [6.45, 7) is 6.87. The maximum atomic E-state index is 13.2. The number of hydrogen-bond acceptors (Lipinski definition) is 4. The molecule has 0 aliphatic carbocycles. The van der Waals surface area contributed by atoms with Gasteiger partial charge in [-0.05, 0) is 55.8 Å². The first-order valence-electron chi connectivity index (χ1n) is 9.72. The number of halogens is 1. The summed E-state index contributed by atoms with van der Waals surface area (Å²) in [6.07, 6.45) is 0. The van der Waals surface area contributed by atoms with Crippen LogP contribution in [0, 0.1) is 13.8 Å². The third-order valence-electron chi connectivity index (χ3n) is 5.52. The van der Waals surface area contributed by atoms with Gasteiger partial charge in [0.05, 0.1) is 23.9 Å². The van der Waals surface area contributed by atoms with Gasteiger partial charge >= 0.3 is 0 Å². The molecule has 0 spiro atoms. The van der Waals surface area contributed by atoms with Gasteiger partial charge in [0, 0.05) is 42.3 Å². The molecule has 0 radical (unpaired) electrons. The number of ether oxygens (including phenoxy) is 1. The Bertz CT molecular complexity index is 1080. The minimum Gasteiger partial charge on any atom is -0.497 e. The summed E-state index contributed by atoms with van der Waals surface area (Å²) in [6, 6.07) is 13.6. The fourth-order valence-corrected chi connectivity index (χ4v) is 4.00. The van der Waals surface area contributed by atoms with Crippen molar-refractivity contribution < 1.29 is 9.53 Å². The predicted molar refractivity (Wildman–Crippen MR) is 117 cm³/mol. The van der Waals surface area contributed by atoms with Gasteiger partial charge in [-0.2, -0.15) is 0 Å². The highest BCUT2D eigenvalue weighted by molar-refractivity contribution is 6.30. The first-order valence-corrected chi connectivity index (χ1v) is 10.1. The monoisotopic (exact) mass is 409 g/mol. The van der Waals surface area contributed by atoms with Gasteiger partial charge in [0.25, 0.3) is 5.91 Å². The topological polar surface area (TPSA) is 45.7 Å². The van der Waals surface area contributed by atoms with Crippen molar-refractivity contribution in [2.75, 3.05) is 38.2 Å². The Morgan fingerprint density at radius 1 is 1.03 bits per heavy atom. The van der Waals surface area contributed by atoms with Crippen LogP contribution in [-0.4, -0.2) is 49.1 Å². The summed E-state index contributed by atoms with van der Waals surface area (Å²) < 4.78 is 5.30. The molecule has 1 aliphatic rings. The molecule has 3 aromatic rings. The lowest BCUT2D eigenvalue weighted by molar-refractivity contribution is 0.0745. The van der Waals surface area contributed by atoms with Crippen LogP contribution in [0.15, 0.2) is 42.5 Å². The van der Waals surface area contributed by atoms with Gasteiger partial charge in [-0.3, -0.25) is 9.78 Å². The van der Waals surface area contributed by atoms with Crippen molar-refractivity contribution in [3.8, 4) is 5.75 Å². The average Bonchev–Trinajstić information content (AvgIpc) is 2.74. The zero-order chi connectivity index (χ0) is 20.5. The minimum absolute atomic E-state index is 0.0298. The van der Waals surface area contributed by atoms with Crippen LogP contribution in [0.1, 0.15) is 21.6 Å². The van der Waals surface area contributed by atoms with E-state index in [9.17, 15) is 4.79 Å². The molecule has 4 rings (SSSR count). The van der Waals surface area contributed by atoms with Crippen LogP contribution < -0.4 is 9.64 Å². The molecule has 29 heavy (non-hydrogen) atoms. The van der Waals surface area contributed by atoms with Gasteiger partial charge in [0.15, 0.2) is 0 Å². The third-order valence-corrected chi connectivity index (χ3v) is 5.76. The maximum absolute atomic E-state index is 13.2. The highest BCUT2D eigenvalue weighted by Gasteiger charge is 2.24. The number of pyridine rings is 1. The number of fused-ring (bicyclic) bond motifs is 1. The second kappa shape index (κ2) is 7.91. The molecule has 1 fully saturated rings.